The lowest BCUT2D eigenvalue weighted by Crippen LogP contribution is -2.50. The maximum Gasteiger partial charge on any atom is 0.230 e. The SMILES string of the molecule is COCCNC(=O)C1(c2ccccc2F)CCC1. The number of rotatable bonds is 5. The summed E-state index contributed by atoms with van der Waals surface area (Å²) in [5, 5.41) is 2.82. The van der Waals surface area contributed by atoms with Gasteiger partial charge in [-0.3, -0.25) is 4.79 Å². The van der Waals surface area contributed by atoms with Crippen molar-refractivity contribution in [3.63, 3.8) is 0 Å². The van der Waals surface area contributed by atoms with Crippen molar-refractivity contribution in [2.45, 2.75) is 24.7 Å². The first-order chi connectivity index (χ1) is 8.70. The Morgan fingerprint density at radius 1 is 1.44 bits per heavy atom. The molecule has 4 heteroatoms. The summed E-state index contributed by atoms with van der Waals surface area (Å²) in [6.07, 6.45) is 2.39. The highest BCUT2D eigenvalue weighted by Crippen LogP contribution is 2.44. The van der Waals surface area contributed by atoms with Crippen LogP contribution in [0.25, 0.3) is 0 Å². The topological polar surface area (TPSA) is 38.3 Å². The van der Waals surface area contributed by atoms with E-state index < -0.39 is 5.41 Å². The van der Waals surface area contributed by atoms with Crippen LogP contribution in [0.3, 0.4) is 0 Å². The number of nitrogens with one attached hydrogen (secondary N) is 1. The Bertz CT molecular complexity index is 430. The quantitative estimate of drug-likeness (QED) is 0.813. The molecule has 0 radical (unpaired) electrons. The zero-order chi connectivity index (χ0) is 13.0. The Hall–Kier alpha value is -1.42. The van der Waals surface area contributed by atoms with Gasteiger partial charge in [-0.25, -0.2) is 4.39 Å². The highest BCUT2D eigenvalue weighted by molar-refractivity contribution is 5.89. The van der Waals surface area contributed by atoms with Gasteiger partial charge < -0.3 is 10.1 Å². The summed E-state index contributed by atoms with van der Waals surface area (Å²) in [5.74, 6) is -0.380. The van der Waals surface area contributed by atoms with Gasteiger partial charge in [0.25, 0.3) is 0 Å². The van der Waals surface area contributed by atoms with E-state index in [0.717, 1.165) is 6.42 Å². The van der Waals surface area contributed by atoms with E-state index in [1.165, 1.54) is 6.07 Å². The fourth-order valence-corrected chi connectivity index (χ4v) is 2.43. The van der Waals surface area contributed by atoms with Gasteiger partial charge >= 0.3 is 0 Å². The molecule has 1 amide bonds. The lowest BCUT2D eigenvalue weighted by molar-refractivity contribution is -0.130. The molecule has 1 aromatic carbocycles. The van der Waals surface area contributed by atoms with Crippen molar-refractivity contribution in [2.24, 2.45) is 0 Å². The van der Waals surface area contributed by atoms with Crippen LogP contribution in [-0.4, -0.2) is 26.2 Å². The molecule has 0 aliphatic heterocycles. The minimum Gasteiger partial charge on any atom is -0.383 e. The number of hydrogen-bond acceptors (Lipinski definition) is 2. The highest BCUT2D eigenvalue weighted by atomic mass is 19.1. The van der Waals surface area contributed by atoms with Crippen LogP contribution >= 0.6 is 0 Å². The van der Waals surface area contributed by atoms with E-state index in [-0.39, 0.29) is 11.7 Å². The Kier molecular flexibility index (Phi) is 3.97. The summed E-state index contributed by atoms with van der Waals surface area (Å²) in [4.78, 5) is 12.2. The van der Waals surface area contributed by atoms with E-state index in [2.05, 4.69) is 5.32 Å². The number of hydrogen-bond donors (Lipinski definition) is 1. The summed E-state index contributed by atoms with van der Waals surface area (Å²) < 4.78 is 18.7. The van der Waals surface area contributed by atoms with Gasteiger partial charge in [0, 0.05) is 19.2 Å². The number of halogens is 1. The molecule has 18 heavy (non-hydrogen) atoms. The van der Waals surface area contributed by atoms with Gasteiger partial charge in [0.1, 0.15) is 5.82 Å². The second-order valence-electron chi connectivity index (χ2n) is 4.66. The molecule has 1 aliphatic rings. The van der Waals surface area contributed by atoms with E-state index in [9.17, 15) is 9.18 Å². The van der Waals surface area contributed by atoms with Crippen molar-refractivity contribution in [1.82, 2.24) is 5.32 Å². The molecule has 1 N–H and O–H groups in total. The predicted octanol–water partition coefficient (Wildman–Crippen LogP) is 2.01. The van der Waals surface area contributed by atoms with E-state index in [1.54, 1.807) is 25.3 Å². The summed E-state index contributed by atoms with van der Waals surface area (Å²) in [7, 11) is 1.59. The number of methoxy groups -OCH3 is 1. The average Bonchev–Trinajstić information content (AvgIpc) is 2.30. The van der Waals surface area contributed by atoms with E-state index in [0.29, 0.717) is 31.6 Å². The van der Waals surface area contributed by atoms with E-state index in [4.69, 9.17) is 4.74 Å². The van der Waals surface area contributed by atoms with Gasteiger partial charge in [-0.2, -0.15) is 0 Å². The molecule has 0 unspecified atom stereocenters. The van der Waals surface area contributed by atoms with Crippen molar-refractivity contribution >= 4 is 5.91 Å². The Labute approximate surface area is 106 Å². The van der Waals surface area contributed by atoms with Crippen LogP contribution < -0.4 is 5.32 Å². The van der Waals surface area contributed by atoms with Crippen LogP contribution in [0.15, 0.2) is 24.3 Å². The second kappa shape index (κ2) is 5.48. The minimum absolute atomic E-state index is 0.0871. The van der Waals surface area contributed by atoms with Crippen molar-refractivity contribution in [3.05, 3.63) is 35.6 Å². The van der Waals surface area contributed by atoms with Gasteiger partial charge in [-0.15, -0.1) is 0 Å². The molecule has 0 aromatic heterocycles. The van der Waals surface area contributed by atoms with Gasteiger partial charge in [0.05, 0.1) is 12.0 Å². The lowest BCUT2D eigenvalue weighted by Gasteiger charge is -2.40. The molecule has 1 aliphatic carbocycles. The molecule has 1 saturated carbocycles. The van der Waals surface area contributed by atoms with Crippen molar-refractivity contribution < 1.29 is 13.9 Å². The molecule has 1 aromatic rings. The molecular formula is C14H18FNO2. The van der Waals surface area contributed by atoms with Crippen LogP contribution in [0, 0.1) is 5.82 Å². The molecule has 0 bridgehead atoms. The Balaban J connectivity index is 2.16. The summed E-state index contributed by atoms with van der Waals surface area (Å²) in [6, 6.07) is 6.55. The van der Waals surface area contributed by atoms with Crippen LogP contribution in [0.5, 0.6) is 0 Å². The van der Waals surface area contributed by atoms with E-state index in [1.807, 2.05) is 0 Å². The number of benzene rings is 1. The predicted molar refractivity (Wildman–Crippen MR) is 66.8 cm³/mol. The van der Waals surface area contributed by atoms with Crippen molar-refractivity contribution in [3.8, 4) is 0 Å². The zero-order valence-electron chi connectivity index (χ0n) is 10.5. The van der Waals surface area contributed by atoms with Crippen molar-refractivity contribution in [2.75, 3.05) is 20.3 Å². The van der Waals surface area contributed by atoms with Crippen LogP contribution in [0.2, 0.25) is 0 Å². The lowest BCUT2D eigenvalue weighted by atomic mass is 9.63. The molecule has 0 spiro atoms. The summed E-state index contributed by atoms with van der Waals surface area (Å²) in [6.45, 7) is 0.935. The monoisotopic (exact) mass is 251 g/mol. The summed E-state index contributed by atoms with van der Waals surface area (Å²) >= 11 is 0. The number of carbonyl (C=O) groups excluding carboxylic acids is 1. The first-order valence-corrected chi connectivity index (χ1v) is 6.23. The Morgan fingerprint density at radius 2 is 2.17 bits per heavy atom. The maximum atomic E-state index is 13.8. The standard InChI is InChI=1S/C14H18FNO2/c1-18-10-9-16-13(17)14(7-4-8-14)11-5-2-3-6-12(11)15/h2-3,5-6H,4,7-10H2,1H3,(H,16,17). The molecule has 2 rings (SSSR count). The summed E-state index contributed by atoms with van der Waals surface area (Å²) in [5.41, 5.74) is -0.148. The van der Waals surface area contributed by atoms with Crippen LogP contribution in [-0.2, 0) is 14.9 Å². The average molecular weight is 251 g/mol. The normalized spacial score (nSPS) is 17.0. The third kappa shape index (κ3) is 2.25. The number of ether oxygens (including phenoxy) is 1. The molecule has 0 atom stereocenters. The second-order valence-corrected chi connectivity index (χ2v) is 4.66. The largest absolute Gasteiger partial charge is 0.383 e. The zero-order valence-corrected chi connectivity index (χ0v) is 10.5. The third-order valence-corrected chi connectivity index (χ3v) is 3.62. The molecule has 0 saturated heterocycles. The Morgan fingerprint density at radius 3 is 2.72 bits per heavy atom. The fraction of sp³-hybridized carbons (Fsp3) is 0.500. The molecule has 0 heterocycles. The van der Waals surface area contributed by atoms with Gasteiger partial charge in [-0.1, -0.05) is 24.6 Å². The van der Waals surface area contributed by atoms with Crippen LogP contribution in [0.1, 0.15) is 24.8 Å². The van der Waals surface area contributed by atoms with Gasteiger partial charge in [-0.05, 0) is 18.9 Å². The number of carbonyl (C=O) groups is 1. The highest BCUT2D eigenvalue weighted by Gasteiger charge is 2.46. The molecular weight excluding hydrogens is 233 g/mol. The van der Waals surface area contributed by atoms with Gasteiger partial charge in [0.2, 0.25) is 5.91 Å². The molecule has 1 fully saturated rings. The van der Waals surface area contributed by atoms with Crippen molar-refractivity contribution in [1.29, 1.82) is 0 Å². The third-order valence-electron chi connectivity index (χ3n) is 3.62. The number of amides is 1. The molecule has 98 valence electrons. The first-order valence-electron chi connectivity index (χ1n) is 6.23. The van der Waals surface area contributed by atoms with Gasteiger partial charge in [0.15, 0.2) is 0 Å². The fourth-order valence-electron chi connectivity index (χ4n) is 2.43. The van der Waals surface area contributed by atoms with Crippen LogP contribution in [0.4, 0.5) is 4.39 Å². The van der Waals surface area contributed by atoms with E-state index >= 15 is 0 Å². The maximum absolute atomic E-state index is 13.8. The molecule has 3 nitrogen and oxygen atoms in total. The minimum atomic E-state index is -0.668. The first kappa shape index (κ1) is 13.0. The smallest absolute Gasteiger partial charge is 0.230 e.